The topological polar surface area (TPSA) is 80.0 Å². The van der Waals surface area contributed by atoms with E-state index in [9.17, 15) is 4.79 Å². The van der Waals surface area contributed by atoms with Gasteiger partial charge in [0.25, 0.3) is 0 Å². The lowest BCUT2D eigenvalue weighted by atomic mass is 10.3. The van der Waals surface area contributed by atoms with Crippen LogP contribution in [-0.2, 0) is 0 Å². The van der Waals surface area contributed by atoms with E-state index in [4.69, 9.17) is 5.11 Å². The number of halogens is 1. The Kier molecular flexibility index (Phi) is 3.10. The average Bonchev–Trinajstić information content (AvgIpc) is 2.60. The van der Waals surface area contributed by atoms with Crippen molar-refractivity contribution >= 4 is 27.8 Å². The van der Waals surface area contributed by atoms with E-state index in [0.717, 1.165) is 10.2 Å². The molecule has 2 rings (SSSR count). The highest BCUT2D eigenvalue weighted by atomic mass is 79.9. The number of hydrogen-bond donors (Lipinski definition) is 2. The molecule has 0 fully saturated rings. The molecule has 1 amide bonds. The summed E-state index contributed by atoms with van der Waals surface area (Å²) in [6, 6.07) is 7.34. The first-order chi connectivity index (χ1) is 8.08. The fourth-order valence-electron chi connectivity index (χ4n) is 1.39. The SMILES string of the molecule is Cc1nnn(-c2cccc(Br)c2)c1NC(=O)O. The van der Waals surface area contributed by atoms with Gasteiger partial charge < -0.3 is 5.11 Å². The number of carbonyl (C=O) groups is 1. The summed E-state index contributed by atoms with van der Waals surface area (Å²) in [6.07, 6.45) is -1.15. The zero-order chi connectivity index (χ0) is 12.4. The van der Waals surface area contributed by atoms with Crippen LogP contribution in [0.4, 0.5) is 10.6 Å². The zero-order valence-corrected chi connectivity index (χ0v) is 10.5. The number of nitrogens with zero attached hydrogens (tertiary/aromatic N) is 3. The van der Waals surface area contributed by atoms with E-state index in [0.29, 0.717) is 11.5 Å². The molecular formula is C10H9BrN4O2. The van der Waals surface area contributed by atoms with Crippen LogP contribution < -0.4 is 5.32 Å². The lowest BCUT2D eigenvalue weighted by molar-refractivity contribution is 0.209. The Morgan fingerprint density at radius 1 is 1.53 bits per heavy atom. The van der Waals surface area contributed by atoms with Gasteiger partial charge in [0.2, 0.25) is 0 Å². The van der Waals surface area contributed by atoms with Crippen LogP contribution in [0.5, 0.6) is 0 Å². The third-order valence-electron chi connectivity index (χ3n) is 2.12. The number of aryl methyl sites for hydroxylation is 1. The number of carboxylic acid groups (broad SMARTS) is 1. The molecule has 0 aliphatic heterocycles. The van der Waals surface area contributed by atoms with Crippen molar-refractivity contribution in [2.24, 2.45) is 0 Å². The van der Waals surface area contributed by atoms with Crippen molar-refractivity contribution in [1.82, 2.24) is 15.0 Å². The van der Waals surface area contributed by atoms with Gasteiger partial charge in [0.15, 0.2) is 5.82 Å². The monoisotopic (exact) mass is 296 g/mol. The van der Waals surface area contributed by atoms with Gasteiger partial charge in [-0.05, 0) is 25.1 Å². The Hall–Kier alpha value is -1.89. The van der Waals surface area contributed by atoms with Crippen LogP contribution in [0.2, 0.25) is 0 Å². The highest BCUT2D eigenvalue weighted by molar-refractivity contribution is 9.10. The second-order valence-corrected chi connectivity index (χ2v) is 4.26. The summed E-state index contributed by atoms with van der Waals surface area (Å²) in [6.45, 7) is 1.69. The maximum atomic E-state index is 10.7. The predicted octanol–water partition coefficient (Wildman–Crippen LogP) is 2.43. The van der Waals surface area contributed by atoms with E-state index >= 15 is 0 Å². The minimum atomic E-state index is -1.15. The first-order valence-electron chi connectivity index (χ1n) is 4.76. The van der Waals surface area contributed by atoms with Crippen LogP contribution in [-0.4, -0.2) is 26.2 Å². The predicted molar refractivity (Wildman–Crippen MR) is 65.4 cm³/mol. The van der Waals surface area contributed by atoms with Gasteiger partial charge >= 0.3 is 6.09 Å². The van der Waals surface area contributed by atoms with Crippen LogP contribution in [0.3, 0.4) is 0 Å². The van der Waals surface area contributed by atoms with E-state index in [1.165, 1.54) is 4.68 Å². The van der Waals surface area contributed by atoms with Crippen molar-refractivity contribution in [2.75, 3.05) is 5.32 Å². The molecule has 0 aliphatic rings. The molecular weight excluding hydrogens is 288 g/mol. The number of amides is 1. The summed E-state index contributed by atoms with van der Waals surface area (Å²) in [5.74, 6) is 0.343. The van der Waals surface area contributed by atoms with E-state index in [-0.39, 0.29) is 0 Å². The van der Waals surface area contributed by atoms with Crippen LogP contribution in [0.1, 0.15) is 5.69 Å². The van der Waals surface area contributed by atoms with Gasteiger partial charge in [0.1, 0.15) is 5.69 Å². The summed E-state index contributed by atoms with van der Waals surface area (Å²) in [7, 11) is 0. The molecule has 0 spiro atoms. The van der Waals surface area contributed by atoms with E-state index in [1.807, 2.05) is 24.3 Å². The number of anilines is 1. The Morgan fingerprint density at radius 3 is 2.94 bits per heavy atom. The number of rotatable bonds is 2. The van der Waals surface area contributed by atoms with Gasteiger partial charge in [0.05, 0.1) is 5.69 Å². The molecule has 2 N–H and O–H groups in total. The third kappa shape index (κ3) is 2.44. The second-order valence-electron chi connectivity index (χ2n) is 3.35. The summed E-state index contributed by atoms with van der Waals surface area (Å²) in [5.41, 5.74) is 1.25. The molecule has 6 nitrogen and oxygen atoms in total. The van der Waals surface area contributed by atoms with Gasteiger partial charge in [-0.1, -0.05) is 27.2 Å². The Balaban J connectivity index is 2.48. The van der Waals surface area contributed by atoms with Gasteiger partial charge in [-0.2, -0.15) is 4.68 Å². The summed E-state index contributed by atoms with van der Waals surface area (Å²) in [4.78, 5) is 10.7. The maximum Gasteiger partial charge on any atom is 0.410 e. The van der Waals surface area contributed by atoms with E-state index in [2.05, 4.69) is 31.6 Å². The second kappa shape index (κ2) is 4.54. The number of aromatic nitrogens is 3. The molecule has 88 valence electrons. The first kappa shape index (κ1) is 11.6. The van der Waals surface area contributed by atoms with E-state index < -0.39 is 6.09 Å². The summed E-state index contributed by atoms with van der Waals surface area (Å²) >= 11 is 3.34. The molecule has 1 aromatic heterocycles. The summed E-state index contributed by atoms with van der Waals surface area (Å²) < 4.78 is 2.32. The normalized spacial score (nSPS) is 10.2. The number of benzene rings is 1. The van der Waals surface area contributed by atoms with Gasteiger partial charge in [0, 0.05) is 4.47 Å². The standard InChI is InChI=1S/C10H9BrN4O2/c1-6-9(12-10(16)17)15(14-13-6)8-4-2-3-7(11)5-8/h2-5,12H,1H3,(H,16,17). The number of hydrogen-bond acceptors (Lipinski definition) is 3. The van der Waals surface area contributed by atoms with Crippen LogP contribution >= 0.6 is 15.9 Å². The maximum absolute atomic E-state index is 10.7. The minimum absolute atomic E-state index is 0.343. The molecule has 0 unspecified atom stereocenters. The quantitative estimate of drug-likeness (QED) is 0.892. The zero-order valence-electron chi connectivity index (χ0n) is 8.88. The van der Waals surface area contributed by atoms with Gasteiger partial charge in [-0.3, -0.25) is 5.32 Å². The molecule has 0 atom stereocenters. The smallest absolute Gasteiger partial charge is 0.410 e. The molecule has 0 saturated heterocycles. The fourth-order valence-corrected chi connectivity index (χ4v) is 1.78. The Morgan fingerprint density at radius 2 is 2.29 bits per heavy atom. The third-order valence-corrected chi connectivity index (χ3v) is 2.61. The molecule has 1 aromatic carbocycles. The van der Waals surface area contributed by atoms with E-state index in [1.54, 1.807) is 6.92 Å². The van der Waals surface area contributed by atoms with Crippen molar-refractivity contribution < 1.29 is 9.90 Å². The number of nitrogens with one attached hydrogen (secondary N) is 1. The lowest BCUT2D eigenvalue weighted by Gasteiger charge is -2.06. The van der Waals surface area contributed by atoms with Crippen molar-refractivity contribution in [3.05, 3.63) is 34.4 Å². The van der Waals surface area contributed by atoms with Crippen molar-refractivity contribution in [1.29, 1.82) is 0 Å². The van der Waals surface area contributed by atoms with Gasteiger partial charge in [-0.25, -0.2) is 4.79 Å². The highest BCUT2D eigenvalue weighted by Gasteiger charge is 2.13. The molecule has 1 heterocycles. The Labute approximate surface area is 105 Å². The minimum Gasteiger partial charge on any atom is -0.465 e. The molecule has 17 heavy (non-hydrogen) atoms. The van der Waals surface area contributed by atoms with Crippen molar-refractivity contribution in [2.45, 2.75) is 6.92 Å². The van der Waals surface area contributed by atoms with Gasteiger partial charge in [-0.15, -0.1) is 5.10 Å². The fraction of sp³-hybridized carbons (Fsp3) is 0.100. The molecule has 0 aliphatic carbocycles. The molecule has 7 heteroatoms. The summed E-state index contributed by atoms with van der Waals surface area (Å²) in [5, 5.41) is 18.8. The molecule has 0 bridgehead atoms. The van der Waals surface area contributed by atoms with Crippen LogP contribution in [0.25, 0.3) is 5.69 Å². The largest absolute Gasteiger partial charge is 0.465 e. The highest BCUT2D eigenvalue weighted by Crippen LogP contribution is 2.20. The van der Waals surface area contributed by atoms with Crippen molar-refractivity contribution in [3.63, 3.8) is 0 Å². The lowest BCUT2D eigenvalue weighted by Crippen LogP contribution is -2.12. The molecule has 0 saturated carbocycles. The van der Waals surface area contributed by atoms with Crippen LogP contribution in [0.15, 0.2) is 28.7 Å². The molecule has 0 radical (unpaired) electrons. The first-order valence-corrected chi connectivity index (χ1v) is 5.55. The van der Waals surface area contributed by atoms with Crippen LogP contribution in [0, 0.1) is 6.92 Å². The average molecular weight is 297 g/mol. The molecule has 2 aromatic rings. The Bertz CT molecular complexity index is 567. The van der Waals surface area contributed by atoms with Crippen molar-refractivity contribution in [3.8, 4) is 5.69 Å².